The van der Waals surface area contributed by atoms with E-state index in [-0.39, 0.29) is 24.5 Å². The van der Waals surface area contributed by atoms with Crippen molar-refractivity contribution in [3.63, 3.8) is 0 Å². The normalized spacial score (nSPS) is 18.9. The van der Waals surface area contributed by atoms with Gasteiger partial charge in [0.15, 0.2) is 0 Å². The predicted octanol–water partition coefficient (Wildman–Crippen LogP) is 0.269. The highest BCUT2D eigenvalue weighted by atomic mass is 16.2. The number of likely N-dealkylation sites (N-methyl/N-ethyl adjacent to an activating group) is 2. The maximum Gasteiger partial charge on any atom is 0.327 e. The number of hydrogen-bond donors (Lipinski definition) is 1. The molecule has 1 rings (SSSR count). The molecular weight excluding hydrogens is 194 g/mol. The number of carbonyl (C=O) groups is 2. The van der Waals surface area contributed by atoms with E-state index in [1.54, 1.807) is 7.05 Å². The largest absolute Gasteiger partial charge is 0.327 e. The Morgan fingerprint density at radius 2 is 2.13 bits per heavy atom. The lowest BCUT2D eigenvalue weighted by Crippen LogP contribution is -2.42. The molecule has 0 aromatic rings. The summed E-state index contributed by atoms with van der Waals surface area (Å²) in [4.78, 5) is 25.8. The molecule has 5 nitrogen and oxygen atoms in total. The van der Waals surface area contributed by atoms with Gasteiger partial charge in [0.05, 0.1) is 0 Å². The van der Waals surface area contributed by atoms with Crippen molar-refractivity contribution in [2.75, 3.05) is 27.2 Å². The van der Waals surface area contributed by atoms with Crippen molar-refractivity contribution in [3.8, 4) is 0 Å². The van der Waals surface area contributed by atoms with Gasteiger partial charge in [-0.15, -0.1) is 0 Å². The summed E-state index contributed by atoms with van der Waals surface area (Å²) in [7, 11) is 3.50. The minimum atomic E-state index is -0.184. The molecule has 1 atom stereocenters. The number of rotatable bonds is 5. The quantitative estimate of drug-likeness (QED) is 0.667. The molecule has 0 aliphatic carbocycles. The molecule has 0 saturated carbocycles. The third-order valence-electron chi connectivity index (χ3n) is 2.68. The van der Waals surface area contributed by atoms with Crippen LogP contribution in [0.4, 0.5) is 4.79 Å². The van der Waals surface area contributed by atoms with E-state index in [0.717, 1.165) is 12.8 Å². The van der Waals surface area contributed by atoms with Crippen molar-refractivity contribution in [2.45, 2.75) is 25.8 Å². The molecule has 1 fully saturated rings. The fourth-order valence-corrected chi connectivity index (χ4v) is 1.74. The summed E-state index contributed by atoms with van der Waals surface area (Å²) in [6.45, 7) is 2.78. The third-order valence-corrected chi connectivity index (χ3v) is 2.68. The first kappa shape index (κ1) is 12.0. The van der Waals surface area contributed by atoms with Gasteiger partial charge in [-0.2, -0.15) is 0 Å². The molecule has 1 heterocycles. The minimum absolute atomic E-state index is 0.0983. The number of amides is 3. The Morgan fingerprint density at radius 1 is 1.47 bits per heavy atom. The molecule has 3 amide bonds. The Morgan fingerprint density at radius 3 is 2.53 bits per heavy atom. The average molecular weight is 213 g/mol. The summed E-state index contributed by atoms with van der Waals surface area (Å²) < 4.78 is 0. The molecule has 0 spiro atoms. The second kappa shape index (κ2) is 5.11. The van der Waals surface area contributed by atoms with Crippen LogP contribution in [0.25, 0.3) is 0 Å². The van der Waals surface area contributed by atoms with Crippen LogP contribution in [-0.2, 0) is 4.79 Å². The van der Waals surface area contributed by atoms with Crippen molar-refractivity contribution in [1.82, 2.24) is 15.1 Å². The van der Waals surface area contributed by atoms with Gasteiger partial charge in [-0.25, -0.2) is 4.79 Å². The van der Waals surface area contributed by atoms with Crippen LogP contribution >= 0.6 is 0 Å². The predicted molar refractivity (Wildman–Crippen MR) is 57.5 cm³/mol. The molecule has 1 aliphatic rings. The molecule has 1 unspecified atom stereocenters. The summed E-state index contributed by atoms with van der Waals surface area (Å²) in [6, 6.07) is 0.0192. The van der Waals surface area contributed by atoms with E-state index >= 15 is 0 Å². The van der Waals surface area contributed by atoms with Crippen molar-refractivity contribution >= 4 is 11.9 Å². The summed E-state index contributed by atoms with van der Waals surface area (Å²) >= 11 is 0. The molecule has 0 aromatic heterocycles. The smallest absolute Gasteiger partial charge is 0.318 e. The number of urea groups is 1. The fourth-order valence-electron chi connectivity index (χ4n) is 1.74. The minimum Gasteiger partial charge on any atom is -0.318 e. The lowest BCUT2D eigenvalue weighted by Gasteiger charge is -2.21. The monoisotopic (exact) mass is 213 g/mol. The van der Waals surface area contributed by atoms with Gasteiger partial charge < -0.3 is 10.2 Å². The van der Waals surface area contributed by atoms with E-state index in [9.17, 15) is 9.59 Å². The molecule has 1 aliphatic heterocycles. The van der Waals surface area contributed by atoms with E-state index in [1.165, 1.54) is 9.80 Å². The number of nitrogens with one attached hydrogen (secondary N) is 1. The molecule has 0 aromatic carbocycles. The molecule has 1 saturated heterocycles. The maximum absolute atomic E-state index is 11.6. The fraction of sp³-hybridized carbons (Fsp3) is 0.800. The van der Waals surface area contributed by atoms with Crippen LogP contribution in [0, 0.1) is 0 Å². The zero-order valence-corrected chi connectivity index (χ0v) is 9.62. The number of nitrogens with zero attached hydrogens (tertiary/aromatic N) is 2. The van der Waals surface area contributed by atoms with Gasteiger partial charge in [0, 0.05) is 19.6 Å². The van der Waals surface area contributed by atoms with E-state index in [1.807, 2.05) is 7.05 Å². The lowest BCUT2D eigenvalue weighted by atomic mass is 10.1. The Kier molecular flexibility index (Phi) is 4.08. The first-order valence-corrected chi connectivity index (χ1v) is 5.32. The second-order valence-corrected chi connectivity index (χ2v) is 3.92. The third kappa shape index (κ3) is 2.68. The second-order valence-electron chi connectivity index (χ2n) is 3.92. The lowest BCUT2D eigenvalue weighted by molar-refractivity contribution is -0.125. The molecule has 0 radical (unpaired) electrons. The highest BCUT2D eigenvalue weighted by Gasteiger charge is 2.34. The summed E-state index contributed by atoms with van der Waals surface area (Å²) in [5.74, 6) is -0.0983. The van der Waals surface area contributed by atoms with Gasteiger partial charge >= 0.3 is 6.03 Å². The van der Waals surface area contributed by atoms with Gasteiger partial charge in [-0.1, -0.05) is 13.3 Å². The van der Waals surface area contributed by atoms with Gasteiger partial charge in [0.25, 0.3) is 0 Å². The van der Waals surface area contributed by atoms with Crippen molar-refractivity contribution < 1.29 is 9.59 Å². The topological polar surface area (TPSA) is 52.7 Å². The first-order chi connectivity index (χ1) is 7.10. The van der Waals surface area contributed by atoms with Crippen LogP contribution < -0.4 is 5.32 Å². The van der Waals surface area contributed by atoms with Crippen LogP contribution in [0.1, 0.15) is 19.8 Å². The zero-order chi connectivity index (χ0) is 11.4. The Hall–Kier alpha value is -1.10. The van der Waals surface area contributed by atoms with Crippen molar-refractivity contribution in [1.29, 1.82) is 0 Å². The maximum atomic E-state index is 11.6. The number of imide groups is 1. The average Bonchev–Trinajstić information content (AvgIpc) is 2.44. The molecule has 0 bridgehead atoms. The molecule has 5 heteroatoms. The van der Waals surface area contributed by atoms with Crippen LogP contribution in [0.3, 0.4) is 0 Å². The highest BCUT2D eigenvalue weighted by Crippen LogP contribution is 2.10. The summed E-state index contributed by atoms with van der Waals surface area (Å²) in [5, 5.41) is 3.12. The van der Waals surface area contributed by atoms with Gasteiger partial charge in [0.2, 0.25) is 5.91 Å². The van der Waals surface area contributed by atoms with Gasteiger partial charge in [0.1, 0.15) is 6.54 Å². The Bertz CT molecular complexity index is 255. The molecular formula is C10H19N3O2. The van der Waals surface area contributed by atoms with Crippen LogP contribution in [0.15, 0.2) is 0 Å². The first-order valence-electron chi connectivity index (χ1n) is 5.32. The van der Waals surface area contributed by atoms with Gasteiger partial charge in [-0.05, 0) is 13.5 Å². The summed E-state index contributed by atoms with van der Waals surface area (Å²) in [5.41, 5.74) is 0. The van der Waals surface area contributed by atoms with Crippen molar-refractivity contribution in [2.24, 2.45) is 0 Å². The van der Waals surface area contributed by atoms with Crippen molar-refractivity contribution in [3.05, 3.63) is 0 Å². The zero-order valence-electron chi connectivity index (χ0n) is 9.62. The van der Waals surface area contributed by atoms with E-state index in [0.29, 0.717) is 6.54 Å². The SMILES string of the molecule is CCCC(CN1C(=O)CN(C)C1=O)NC. The number of carbonyl (C=O) groups excluding carboxylic acids is 2. The molecule has 1 N–H and O–H groups in total. The van der Waals surface area contributed by atoms with E-state index in [4.69, 9.17) is 0 Å². The van der Waals surface area contributed by atoms with Gasteiger partial charge in [-0.3, -0.25) is 9.69 Å². The Balaban J connectivity index is 2.56. The van der Waals surface area contributed by atoms with Crippen LogP contribution in [0.5, 0.6) is 0 Å². The van der Waals surface area contributed by atoms with E-state index < -0.39 is 0 Å². The Labute approximate surface area is 90.4 Å². The molecule has 86 valence electrons. The van der Waals surface area contributed by atoms with Crippen LogP contribution in [-0.4, -0.2) is 55.0 Å². The van der Waals surface area contributed by atoms with Crippen LogP contribution in [0.2, 0.25) is 0 Å². The summed E-state index contributed by atoms with van der Waals surface area (Å²) in [6.07, 6.45) is 2.01. The molecule has 15 heavy (non-hydrogen) atoms. The highest BCUT2D eigenvalue weighted by molar-refractivity contribution is 6.01. The van der Waals surface area contributed by atoms with E-state index in [2.05, 4.69) is 12.2 Å². The number of hydrogen-bond acceptors (Lipinski definition) is 3. The standard InChI is InChI=1S/C10H19N3O2/c1-4-5-8(11-2)6-13-9(14)7-12(3)10(13)15/h8,11H,4-7H2,1-3H3.